The molecule has 2 heterocycles. The Bertz CT molecular complexity index is 1510. The van der Waals surface area contributed by atoms with E-state index < -0.39 is 16.8 Å². The number of rotatable bonds is 8. The average Bonchev–Trinajstić information content (AvgIpc) is 3.44. The van der Waals surface area contributed by atoms with Gasteiger partial charge in [0, 0.05) is 49.6 Å². The number of fused-ring (bicyclic) bond motifs is 1. The van der Waals surface area contributed by atoms with Gasteiger partial charge in [0.25, 0.3) is 0 Å². The topological polar surface area (TPSA) is 85.4 Å². The molecule has 0 saturated carbocycles. The van der Waals surface area contributed by atoms with E-state index >= 15 is 0 Å². The minimum atomic E-state index is -1.19. The largest absolute Gasteiger partial charge is 0.394 e. The molecule has 1 aliphatic rings. The van der Waals surface area contributed by atoms with Crippen LogP contribution >= 0.6 is 39.3 Å². The van der Waals surface area contributed by atoms with Crippen LogP contribution in [0.25, 0.3) is 10.9 Å². The maximum Gasteiger partial charge on any atom is 0.239 e. The summed E-state index contributed by atoms with van der Waals surface area (Å²) in [6.07, 6.45) is 1.89. The number of aromatic amines is 1. The van der Waals surface area contributed by atoms with Crippen LogP contribution in [0.2, 0.25) is 5.02 Å². The molecule has 3 unspecified atom stereocenters. The number of thioether (sulfide) groups is 1. The molecule has 0 aliphatic carbocycles. The molecule has 4 aromatic rings. The monoisotopic (exact) mass is 625 g/mol. The number of H-pyrrole nitrogens is 1. The fourth-order valence-electron chi connectivity index (χ4n) is 5.10. The number of nitrogens with one attached hydrogen (secondary N) is 2. The number of carbonyl (C=O) groups is 2. The van der Waals surface area contributed by atoms with Gasteiger partial charge in [-0.1, -0.05) is 63.4 Å². The highest BCUT2D eigenvalue weighted by Crippen LogP contribution is 2.54. The SMILES string of the molecule is Cc1ccc(SC2(C(=O)NC(C)CO)CC(=O)N(Cc3ccc(Br)cc3)C2c2c[nH]c3cc(Cl)ccc23)cc1. The van der Waals surface area contributed by atoms with E-state index in [0.29, 0.717) is 11.6 Å². The molecule has 0 bridgehead atoms. The highest BCUT2D eigenvalue weighted by atomic mass is 79.9. The molecule has 2 amide bonds. The number of nitrogens with zero attached hydrogens (tertiary/aromatic N) is 1. The first-order chi connectivity index (χ1) is 18.7. The second-order valence-corrected chi connectivity index (χ2v) is 12.8. The van der Waals surface area contributed by atoms with Crippen LogP contribution in [-0.2, 0) is 16.1 Å². The zero-order chi connectivity index (χ0) is 27.7. The third-order valence-corrected chi connectivity index (χ3v) is 9.27. The summed E-state index contributed by atoms with van der Waals surface area (Å²) in [4.78, 5) is 34.1. The lowest BCUT2D eigenvalue weighted by Gasteiger charge is -2.37. The van der Waals surface area contributed by atoms with E-state index in [0.717, 1.165) is 37.0 Å². The van der Waals surface area contributed by atoms with Gasteiger partial charge in [0.1, 0.15) is 4.75 Å². The van der Waals surface area contributed by atoms with Crippen LogP contribution in [0.4, 0.5) is 0 Å². The van der Waals surface area contributed by atoms with Gasteiger partial charge in [0.05, 0.1) is 19.1 Å². The van der Waals surface area contributed by atoms with Crippen LogP contribution < -0.4 is 5.32 Å². The van der Waals surface area contributed by atoms with E-state index in [1.807, 2.05) is 84.8 Å². The Morgan fingerprint density at radius 1 is 1.21 bits per heavy atom. The normalized spacial score (nSPS) is 20.0. The quantitative estimate of drug-likeness (QED) is 0.212. The number of amides is 2. The van der Waals surface area contributed by atoms with Crippen molar-refractivity contribution in [2.45, 2.75) is 48.5 Å². The number of aliphatic hydroxyl groups is 1. The van der Waals surface area contributed by atoms with Crippen LogP contribution in [-0.4, -0.2) is 44.2 Å². The molecule has 1 aliphatic heterocycles. The van der Waals surface area contributed by atoms with Crippen LogP contribution in [0.15, 0.2) is 82.3 Å². The minimum Gasteiger partial charge on any atom is -0.394 e. The maximum atomic E-state index is 14.2. The Morgan fingerprint density at radius 2 is 1.92 bits per heavy atom. The van der Waals surface area contributed by atoms with Gasteiger partial charge in [0.15, 0.2) is 0 Å². The number of hydrogen-bond donors (Lipinski definition) is 3. The standard InChI is InChI=1S/C30H29BrClN3O3S/c1-18-3-10-23(11-4-18)39-30(29(38)34-19(2)17-36)14-27(37)35(16-20-5-7-21(31)8-6-20)28(30)25-15-33-26-13-22(32)9-12-24(25)26/h3-13,15,19,28,33,36H,14,16-17H2,1-2H3,(H,34,38). The van der Waals surface area contributed by atoms with Crippen molar-refractivity contribution in [3.63, 3.8) is 0 Å². The second kappa shape index (κ2) is 11.4. The van der Waals surface area contributed by atoms with Gasteiger partial charge in [0.2, 0.25) is 11.8 Å². The van der Waals surface area contributed by atoms with Crippen LogP contribution in [0, 0.1) is 6.92 Å². The van der Waals surface area contributed by atoms with E-state index in [2.05, 4.69) is 26.2 Å². The second-order valence-electron chi connectivity index (χ2n) is 10.0. The van der Waals surface area contributed by atoms with E-state index in [9.17, 15) is 14.7 Å². The lowest BCUT2D eigenvalue weighted by atomic mass is 9.90. The highest BCUT2D eigenvalue weighted by molar-refractivity contribution is 9.10. The molecule has 5 rings (SSSR count). The fourth-order valence-corrected chi connectivity index (χ4v) is 6.94. The van der Waals surface area contributed by atoms with Crippen LogP contribution in [0.1, 0.15) is 36.1 Å². The summed E-state index contributed by atoms with van der Waals surface area (Å²) in [6, 6.07) is 20.4. The number of hydrogen-bond acceptors (Lipinski definition) is 4. The molecule has 0 radical (unpaired) electrons. The van der Waals surface area contributed by atoms with Crippen molar-refractivity contribution in [1.82, 2.24) is 15.2 Å². The van der Waals surface area contributed by atoms with Gasteiger partial charge in [-0.05, 0) is 55.8 Å². The van der Waals surface area contributed by atoms with Gasteiger partial charge in [-0.25, -0.2) is 0 Å². The molecule has 202 valence electrons. The van der Waals surface area contributed by atoms with Gasteiger partial charge in [-0.15, -0.1) is 11.8 Å². The Hall–Kier alpha value is -2.78. The molecule has 3 atom stereocenters. The molecule has 1 aromatic heterocycles. The van der Waals surface area contributed by atoms with Crippen LogP contribution in [0.5, 0.6) is 0 Å². The first-order valence-electron chi connectivity index (χ1n) is 12.7. The Morgan fingerprint density at radius 3 is 2.62 bits per heavy atom. The summed E-state index contributed by atoms with van der Waals surface area (Å²) in [5.74, 6) is -0.396. The molecular formula is C30H29BrClN3O3S. The lowest BCUT2D eigenvalue weighted by Crippen LogP contribution is -2.51. The van der Waals surface area contributed by atoms with E-state index in [1.54, 1.807) is 6.92 Å². The molecule has 1 saturated heterocycles. The lowest BCUT2D eigenvalue weighted by molar-refractivity contribution is -0.129. The summed E-state index contributed by atoms with van der Waals surface area (Å²) >= 11 is 11.2. The minimum absolute atomic E-state index is 0.0109. The van der Waals surface area contributed by atoms with Crippen molar-refractivity contribution in [2.75, 3.05) is 6.61 Å². The number of aryl methyl sites for hydroxylation is 1. The first-order valence-corrected chi connectivity index (χ1v) is 14.7. The Kier molecular flexibility index (Phi) is 8.10. The average molecular weight is 627 g/mol. The van der Waals surface area contributed by atoms with Crippen molar-refractivity contribution in [3.8, 4) is 0 Å². The van der Waals surface area contributed by atoms with Gasteiger partial charge in [-0.2, -0.15) is 0 Å². The third kappa shape index (κ3) is 5.61. The molecular weight excluding hydrogens is 598 g/mol. The van der Waals surface area contributed by atoms with E-state index in [-0.39, 0.29) is 24.8 Å². The summed E-state index contributed by atoms with van der Waals surface area (Å²) < 4.78 is -0.245. The van der Waals surface area contributed by atoms with Gasteiger partial charge >= 0.3 is 0 Å². The zero-order valence-corrected chi connectivity index (χ0v) is 24.7. The highest BCUT2D eigenvalue weighted by Gasteiger charge is 2.58. The summed E-state index contributed by atoms with van der Waals surface area (Å²) in [5, 5.41) is 14.2. The number of aliphatic hydroxyl groups excluding tert-OH is 1. The number of halogens is 2. The number of likely N-dealkylation sites (tertiary alicyclic amines) is 1. The van der Waals surface area contributed by atoms with Gasteiger partial charge < -0.3 is 20.3 Å². The number of benzene rings is 3. The van der Waals surface area contributed by atoms with Crippen molar-refractivity contribution in [2.24, 2.45) is 0 Å². The van der Waals surface area contributed by atoms with Crippen molar-refractivity contribution in [1.29, 1.82) is 0 Å². The smallest absolute Gasteiger partial charge is 0.239 e. The number of carbonyl (C=O) groups excluding carboxylic acids is 2. The molecule has 0 spiro atoms. The maximum absolute atomic E-state index is 14.2. The van der Waals surface area contributed by atoms with E-state index in [1.165, 1.54) is 11.8 Å². The molecule has 1 fully saturated rings. The predicted octanol–water partition coefficient (Wildman–Crippen LogP) is 6.39. The third-order valence-electron chi connectivity index (χ3n) is 7.08. The van der Waals surface area contributed by atoms with E-state index in [4.69, 9.17) is 11.6 Å². The summed E-state index contributed by atoms with van der Waals surface area (Å²) in [5.41, 5.74) is 3.74. The number of aromatic nitrogens is 1. The molecule has 6 nitrogen and oxygen atoms in total. The van der Waals surface area contributed by atoms with Gasteiger partial charge in [-0.3, -0.25) is 9.59 Å². The predicted molar refractivity (Wildman–Crippen MR) is 160 cm³/mol. The molecule has 3 N–H and O–H groups in total. The van der Waals surface area contributed by atoms with Crippen molar-refractivity contribution in [3.05, 3.63) is 99.1 Å². The Labute approximate surface area is 245 Å². The van der Waals surface area contributed by atoms with Crippen LogP contribution in [0.3, 0.4) is 0 Å². The first kappa shape index (κ1) is 27.8. The molecule has 39 heavy (non-hydrogen) atoms. The van der Waals surface area contributed by atoms with Crippen molar-refractivity contribution < 1.29 is 14.7 Å². The Balaban J connectivity index is 1.69. The fraction of sp³-hybridized carbons (Fsp3) is 0.267. The summed E-state index contributed by atoms with van der Waals surface area (Å²) in [6.45, 7) is 3.90. The molecule has 9 heteroatoms. The summed E-state index contributed by atoms with van der Waals surface area (Å²) in [7, 11) is 0. The molecule has 3 aromatic carbocycles. The van der Waals surface area contributed by atoms with Crippen molar-refractivity contribution >= 4 is 62.0 Å². The zero-order valence-electron chi connectivity index (χ0n) is 21.6.